The Morgan fingerprint density at radius 3 is 2.73 bits per heavy atom. The summed E-state index contributed by atoms with van der Waals surface area (Å²) in [5.41, 5.74) is 6.23. The number of rotatable bonds is 2. The first-order valence-electron chi connectivity index (χ1n) is 5.32. The average molecular weight is 226 g/mol. The Kier molecular flexibility index (Phi) is 3.00. The molecule has 2 rings (SSSR count). The summed E-state index contributed by atoms with van der Waals surface area (Å²) in [7, 11) is 2.06. The second-order valence-corrected chi connectivity index (χ2v) is 4.53. The second-order valence-electron chi connectivity index (χ2n) is 4.12. The fourth-order valence-electron chi connectivity index (χ4n) is 2.17. The third-order valence-electron chi connectivity index (χ3n) is 3.05. The smallest absolute Gasteiger partial charge is 0.147 e. The van der Waals surface area contributed by atoms with Gasteiger partial charge in [0.15, 0.2) is 0 Å². The molecule has 1 heterocycles. The Hall–Kier alpha value is -0.960. The molecule has 0 unspecified atom stereocenters. The fraction of sp³-hybridized carbons (Fsp3) is 0.545. The van der Waals surface area contributed by atoms with Gasteiger partial charge in [0, 0.05) is 13.1 Å². The molecule has 15 heavy (non-hydrogen) atoms. The van der Waals surface area contributed by atoms with Gasteiger partial charge in [-0.05, 0) is 18.9 Å². The summed E-state index contributed by atoms with van der Waals surface area (Å²) in [6.45, 7) is 0. The Morgan fingerprint density at radius 2 is 2.13 bits per heavy atom. The van der Waals surface area contributed by atoms with Gasteiger partial charge in [-0.15, -0.1) is 0 Å². The maximum Gasteiger partial charge on any atom is 0.147 e. The summed E-state index contributed by atoms with van der Waals surface area (Å²) in [6.07, 6.45) is 6.74. The van der Waals surface area contributed by atoms with E-state index in [1.54, 1.807) is 12.3 Å². The first kappa shape index (κ1) is 10.6. The van der Waals surface area contributed by atoms with Crippen LogP contribution < -0.4 is 10.6 Å². The van der Waals surface area contributed by atoms with Crippen LogP contribution in [0, 0.1) is 0 Å². The summed E-state index contributed by atoms with van der Waals surface area (Å²) < 4.78 is 0. The van der Waals surface area contributed by atoms with Crippen molar-refractivity contribution in [3.8, 4) is 0 Å². The molecule has 4 heteroatoms. The van der Waals surface area contributed by atoms with E-state index < -0.39 is 0 Å². The molecule has 3 nitrogen and oxygen atoms in total. The van der Waals surface area contributed by atoms with E-state index in [0.717, 1.165) is 5.82 Å². The van der Waals surface area contributed by atoms with Crippen molar-refractivity contribution in [2.24, 2.45) is 0 Å². The van der Waals surface area contributed by atoms with Crippen molar-refractivity contribution in [3.63, 3.8) is 0 Å². The van der Waals surface area contributed by atoms with Crippen molar-refractivity contribution in [1.82, 2.24) is 4.98 Å². The molecule has 1 saturated carbocycles. The van der Waals surface area contributed by atoms with Crippen LogP contribution in [0.1, 0.15) is 25.7 Å². The Labute approximate surface area is 95.2 Å². The van der Waals surface area contributed by atoms with E-state index in [0.29, 0.717) is 16.8 Å². The van der Waals surface area contributed by atoms with Gasteiger partial charge >= 0.3 is 0 Å². The standard InChI is InChI=1S/C11H16ClN3/c1-15(9-4-2-3-5-9)11-10(12)6-8(13)7-14-11/h6-7,9H,2-5,13H2,1H3. The molecule has 1 fully saturated rings. The highest BCUT2D eigenvalue weighted by Crippen LogP contribution is 2.30. The molecule has 0 amide bonds. The third kappa shape index (κ3) is 2.17. The maximum atomic E-state index is 6.12. The number of nitrogens with zero attached hydrogens (tertiary/aromatic N) is 2. The van der Waals surface area contributed by atoms with Crippen LogP contribution >= 0.6 is 11.6 Å². The van der Waals surface area contributed by atoms with Crippen LogP contribution in [0.25, 0.3) is 0 Å². The lowest BCUT2D eigenvalue weighted by molar-refractivity contribution is 0.647. The van der Waals surface area contributed by atoms with Crippen molar-refractivity contribution in [2.45, 2.75) is 31.7 Å². The lowest BCUT2D eigenvalue weighted by atomic mass is 10.2. The third-order valence-corrected chi connectivity index (χ3v) is 3.33. The van der Waals surface area contributed by atoms with Gasteiger partial charge in [-0.25, -0.2) is 4.98 Å². The van der Waals surface area contributed by atoms with Crippen LogP contribution in [0.2, 0.25) is 5.02 Å². The molecular formula is C11H16ClN3. The fourth-order valence-corrected chi connectivity index (χ4v) is 2.48. The van der Waals surface area contributed by atoms with Crippen molar-refractivity contribution in [1.29, 1.82) is 0 Å². The van der Waals surface area contributed by atoms with E-state index in [4.69, 9.17) is 17.3 Å². The van der Waals surface area contributed by atoms with Crippen LogP contribution in [-0.2, 0) is 0 Å². The van der Waals surface area contributed by atoms with Crippen LogP contribution in [0.5, 0.6) is 0 Å². The minimum absolute atomic E-state index is 0.582. The zero-order valence-electron chi connectivity index (χ0n) is 8.91. The number of hydrogen-bond acceptors (Lipinski definition) is 3. The predicted octanol–water partition coefficient (Wildman–Crippen LogP) is 2.70. The number of pyridine rings is 1. The highest BCUT2D eigenvalue weighted by Gasteiger charge is 2.21. The van der Waals surface area contributed by atoms with Crippen molar-refractivity contribution in [3.05, 3.63) is 17.3 Å². The van der Waals surface area contributed by atoms with Gasteiger partial charge in [0.1, 0.15) is 5.82 Å². The molecule has 0 atom stereocenters. The van der Waals surface area contributed by atoms with Crippen LogP contribution in [0.3, 0.4) is 0 Å². The van der Waals surface area contributed by atoms with Gasteiger partial charge in [-0.3, -0.25) is 0 Å². The topological polar surface area (TPSA) is 42.2 Å². The monoisotopic (exact) mass is 225 g/mol. The first-order chi connectivity index (χ1) is 7.18. The summed E-state index contributed by atoms with van der Waals surface area (Å²) in [6, 6.07) is 2.34. The first-order valence-corrected chi connectivity index (χ1v) is 5.70. The molecule has 1 aromatic heterocycles. The van der Waals surface area contributed by atoms with Crippen LogP contribution in [0.4, 0.5) is 11.5 Å². The van der Waals surface area contributed by atoms with E-state index in [9.17, 15) is 0 Å². The van der Waals surface area contributed by atoms with Gasteiger partial charge in [-0.1, -0.05) is 24.4 Å². The number of halogens is 1. The SMILES string of the molecule is CN(c1ncc(N)cc1Cl)C1CCCC1. The molecule has 0 saturated heterocycles. The number of hydrogen-bond donors (Lipinski definition) is 1. The summed E-state index contributed by atoms with van der Waals surface area (Å²) in [4.78, 5) is 6.47. The van der Waals surface area contributed by atoms with E-state index >= 15 is 0 Å². The summed E-state index contributed by atoms with van der Waals surface area (Å²) >= 11 is 6.12. The molecule has 0 radical (unpaired) electrons. The quantitative estimate of drug-likeness (QED) is 0.842. The Morgan fingerprint density at radius 1 is 1.47 bits per heavy atom. The van der Waals surface area contributed by atoms with Crippen LogP contribution in [-0.4, -0.2) is 18.1 Å². The molecular weight excluding hydrogens is 210 g/mol. The molecule has 1 aliphatic carbocycles. The number of nitrogens with two attached hydrogens (primary N) is 1. The van der Waals surface area contributed by atoms with Gasteiger partial charge in [0.2, 0.25) is 0 Å². The highest BCUT2D eigenvalue weighted by atomic mass is 35.5. The summed E-state index contributed by atoms with van der Waals surface area (Å²) in [5.74, 6) is 0.845. The number of aromatic nitrogens is 1. The largest absolute Gasteiger partial charge is 0.397 e. The van der Waals surface area contributed by atoms with E-state index in [2.05, 4.69) is 16.9 Å². The predicted molar refractivity (Wildman–Crippen MR) is 64.3 cm³/mol. The van der Waals surface area contributed by atoms with Crippen LogP contribution in [0.15, 0.2) is 12.3 Å². The lowest BCUT2D eigenvalue weighted by Gasteiger charge is -2.26. The maximum absolute atomic E-state index is 6.12. The minimum Gasteiger partial charge on any atom is -0.397 e. The Bertz CT molecular complexity index is 348. The number of nitrogen functional groups attached to an aromatic ring is 1. The minimum atomic E-state index is 0.582. The van der Waals surface area contributed by atoms with E-state index in [1.807, 2.05) is 0 Å². The van der Waals surface area contributed by atoms with Crippen molar-refractivity contribution < 1.29 is 0 Å². The highest BCUT2D eigenvalue weighted by molar-refractivity contribution is 6.33. The normalized spacial score (nSPS) is 16.9. The van der Waals surface area contributed by atoms with Gasteiger partial charge in [0.05, 0.1) is 16.9 Å². The molecule has 82 valence electrons. The lowest BCUT2D eigenvalue weighted by Crippen LogP contribution is -2.29. The van der Waals surface area contributed by atoms with Gasteiger partial charge in [-0.2, -0.15) is 0 Å². The number of anilines is 2. The van der Waals surface area contributed by atoms with Crippen molar-refractivity contribution in [2.75, 3.05) is 17.7 Å². The van der Waals surface area contributed by atoms with Gasteiger partial charge < -0.3 is 10.6 Å². The molecule has 0 bridgehead atoms. The molecule has 1 aliphatic rings. The zero-order chi connectivity index (χ0) is 10.8. The molecule has 0 aliphatic heterocycles. The Balaban J connectivity index is 2.20. The molecule has 0 spiro atoms. The molecule has 0 aromatic carbocycles. The average Bonchev–Trinajstić information content (AvgIpc) is 2.69. The van der Waals surface area contributed by atoms with Crippen molar-refractivity contribution >= 4 is 23.1 Å². The summed E-state index contributed by atoms with van der Waals surface area (Å²) in [5, 5.41) is 0.643. The van der Waals surface area contributed by atoms with E-state index in [-0.39, 0.29) is 0 Å². The van der Waals surface area contributed by atoms with Gasteiger partial charge in [0.25, 0.3) is 0 Å². The second kappa shape index (κ2) is 4.27. The zero-order valence-corrected chi connectivity index (χ0v) is 9.67. The molecule has 1 aromatic rings. The van der Waals surface area contributed by atoms with E-state index in [1.165, 1.54) is 25.7 Å². The molecule has 2 N–H and O–H groups in total.